The van der Waals surface area contributed by atoms with Crippen LogP contribution in [0.2, 0.25) is 5.02 Å². The standard InChI is InChI=1S/C20H12BrClF6N6O/c1-9-5-15(19(24,25)20(26,27)28)34-16(29-9)6-14(31-34)18(35)30-17-11(21)8-33(32-17)7-10-12(22)3-2-4-13(10)23/h2-6,8H,7H2,1H3,(H,30,32,35). The third-order valence-electron chi connectivity index (χ3n) is 4.80. The summed E-state index contributed by atoms with van der Waals surface area (Å²) in [4.78, 5) is 16.5. The predicted octanol–water partition coefficient (Wildman–Crippen LogP) is 5.74. The van der Waals surface area contributed by atoms with Gasteiger partial charge in [-0.05, 0) is 41.1 Å². The third-order valence-corrected chi connectivity index (χ3v) is 5.73. The lowest BCUT2D eigenvalue weighted by Crippen LogP contribution is -2.36. The fourth-order valence-corrected chi connectivity index (χ4v) is 3.80. The first-order valence-electron chi connectivity index (χ1n) is 9.57. The van der Waals surface area contributed by atoms with Gasteiger partial charge in [0.15, 0.2) is 17.2 Å². The number of alkyl halides is 5. The highest BCUT2D eigenvalue weighted by Crippen LogP contribution is 2.43. The van der Waals surface area contributed by atoms with Gasteiger partial charge >= 0.3 is 12.1 Å². The van der Waals surface area contributed by atoms with Crippen molar-refractivity contribution in [2.75, 3.05) is 5.32 Å². The van der Waals surface area contributed by atoms with Crippen molar-refractivity contribution in [1.29, 1.82) is 0 Å². The molecule has 0 aliphatic carbocycles. The van der Waals surface area contributed by atoms with Crippen molar-refractivity contribution in [2.45, 2.75) is 25.6 Å². The summed E-state index contributed by atoms with van der Waals surface area (Å²) in [6.45, 7) is 1.15. The van der Waals surface area contributed by atoms with Crippen molar-refractivity contribution in [3.8, 4) is 0 Å². The van der Waals surface area contributed by atoms with Crippen LogP contribution < -0.4 is 5.32 Å². The Kier molecular flexibility index (Phi) is 6.30. The molecule has 0 saturated carbocycles. The van der Waals surface area contributed by atoms with Gasteiger partial charge in [-0.2, -0.15) is 32.1 Å². The second-order valence-corrected chi connectivity index (χ2v) is 8.59. The minimum absolute atomic E-state index is 0.0375. The van der Waals surface area contributed by atoms with Gasteiger partial charge in [0.05, 0.1) is 11.0 Å². The van der Waals surface area contributed by atoms with Gasteiger partial charge in [-0.15, -0.1) is 0 Å². The number of hydrogen-bond donors (Lipinski definition) is 1. The summed E-state index contributed by atoms with van der Waals surface area (Å²) in [5.41, 5.74) is -2.33. The predicted molar refractivity (Wildman–Crippen MR) is 116 cm³/mol. The highest BCUT2D eigenvalue weighted by Gasteiger charge is 2.60. The zero-order valence-corrected chi connectivity index (χ0v) is 19.7. The smallest absolute Gasteiger partial charge is 0.303 e. The van der Waals surface area contributed by atoms with E-state index in [1.165, 1.54) is 36.0 Å². The van der Waals surface area contributed by atoms with E-state index < -0.39 is 35.2 Å². The van der Waals surface area contributed by atoms with Crippen LogP contribution in [-0.4, -0.2) is 36.5 Å². The van der Waals surface area contributed by atoms with Gasteiger partial charge in [-0.1, -0.05) is 17.7 Å². The molecule has 0 aliphatic rings. The highest BCUT2D eigenvalue weighted by molar-refractivity contribution is 9.10. The van der Waals surface area contributed by atoms with E-state index in [0.717, 1.165) is 6.07 Å². The Morgan fingerprint density at radius 1 is 1.17 bits per heavy atom. The van der Waals surface area contributed by atoms with E-state index in [0.29, 0.717) is 6.07 Å². The summed E-state index contributed by atoms with van der Waals surface area (Å²) in [6, 6.07) is 5.66. The lowest BCUT2D eigenvalue weighted by atomic mass is 10.2. The van der Waals surface area contributed by atoms with Gasteiger partial charge in [-0.3, -0.25) is 9.48 Å². The van der Waals surface area contributed by atoms with Crippen LogP contribution in [-0.2, 0) is 12.5 Å². The van der Waals surface area contributed by atoms with Crippen molar-refractivity contribution in [3.05, 3.63) is 74.5 Å². The molecule has 35 heavy (non-hydrogen) atoms. The first-order chi connectivity index (χ1) is 16.3. The minimum atomic E-state index is -5.89. The van der Waals surface area contributed by atoms with E-state index in [1.54, 1.807) is 0 Å². The number of carbonyl (C=O) groups is 1. The third kappa shape index (κ3) is 4.72. The van der Waals surface area contributed by atoms with Crippen molar-refractivity contribution in [1.82, 2.24) is 24.4 Å². The number of nitrogens with zero attached hydrogens (tertiary/aromatic N) is 5. The van der Waals surface area contributed by atoms with Gasteiger partial charge in [0.25, 0.3) is 5.91 Å². The zero-order valence-electron chi connectivity index (χ0n) is 17.3. The van der Waals surface area contributed by atoms with Crippen LogP contribution in [0.1, 0.15) is 27.4 Å². The monoisotopic (exact) mass is 580 g/mol. The molecule has 0 aliphatic heterocycles. The molecule has 4 aromatic rings. The number of anilines is 1. The molecule has 1 amide bonds. The summed E-state index contributed by atoms with van der Waals surface area (Å²) in [5, 5.41) is 10.2. The van der Waals surface area contributed by atoms with Gasteiger partial charge < -0.3 is 5.32 Å². The summed E-state index contributed by atoms with van der Waals surface area (Å²) < 4.78 is 82.8. The van der Waals surface area contributed by atoms with E-state index in [1.807, 2.05) is 0 Å². The highest BCUT2D eigenvalue weighted by atomic mass is 79.9. The number of aromatic nitrogens is 5. The van der Waals surface area contributed by atoms with Crippen LogP contribution in [0.15, 0.2) is 41.0 Å². The number of halogens is 8. The number of carbonyl (C=O) groups excluding carboxylic acids is 1. The second-order valence-electron chi connectivity index (χ2n) is 7.33. The normalized spacial score (nSPS) is 12.4. The SMILES string of the molecule is Cc1cc(C(F)(F)C(F)(F)F)n2nc(C(=O)Nc3nn(Cc4c(F)cccc4Cl)cc3Br)cc2n1. The van der Waals surface area contributed by atoms with E-state index >= 15 is 0 Å². The molecule has 0 radical (unpaired) electrons. The molecule has 3 aromatic heterocycles. The topological polar surface area (TPSA) is 77.1 Å². The van der Waals surface area contributed by atoms with E-state index in [9.17, 15) is 31.1 Å². The fraction of sp³-hybridized carbons (Fsp3) is 0.200. The maximum Gasteiger partial charge on any atom is 0.459 e. The van der Waals surface area contributed by atoms with Crippen LogP contribution in [0.25, 0.3) is 5.65 Å². The summed E-state index contributed by atoms with van der Waals surface area (Å²) in [7, 11) is 0. The first-order valence-corrected chi connectivity index (χ1v) is 10.7. The first kappa shape index (κ1) is 25.0. The van der Waals surface area contributed by atoms with E-state index in [2.05, 4.69) is 36.4 Å². The van der Waals surface area contributed by atoms with E-state index in [-0.39, 0.29) is 43.3 Å². The molecule has 7 nitrogen and oxygen atoms in total. The lowest BCUT2D eigenvalue weighted by molar-refractivity contribution is -0.291. The molecule has 184 valence electrons. The van der Waals surface area contributed by atoms with Crippen molar-refractivity contribution < 1.29 is 31.1 Å². The maximum absolute atomic E-state index is 14.1. The number of rotatable bonds is 5. The Hall–Kier alpha value is -3.13. The van der Waals surface area contributed by atoms with Crippen molar-refractivity contribution >= 4 is 44.9 Å². The Morgan fingerprint density at radius 3 is 2.54 bits per heavy atom. The minimum Gasteiger partial charge on any atom is -0.303 e. The molecule has 0 fully saturated rings. The summed E-state index contributed by atoms with van der Waals surface area (Å²) in [5.74, 6) is -6.79. The zero-order chi connectivity index (χ0) is 25.7. The molecule has 4 rings (SSSR count). The molecule has 0 bridgehead atoms. The van der Waals surface area contributed by atoms with Gasteiger partial charge in [0.1, 0.15) is 11.5 Å². The largest absolute Gasteiger partial charge is 0.459 e. The van der Waals surface area contributed by atoms with Crippen molar-refractivity contribution in [2.24, 2.45) is 0 Å². The number of aryl methyl sites for hydroxylation is 1. The number of hydrogen-bond acceptors (Lipinski definition) is 4. The van der Waals surface area contributed by atoms with Gasteiger partial charge in [-0.25, -0.2) is 13.9 Å². The molecule has 0 unspecified atom stereocenters. The quantitative estimate of drug-likeness (QED) is 0.305. The average molecular weight is 582 g/mol. The molecule has 1 aromatic carbocycles. The molecule has 15 heteroatoms. The fourth-order valence-electron chi connectivity index (χ4n) is 3.16. The van der Waals surface area contributed by atoms with Crippen LogP contribution >= 0.6 is 27.5 Å². The summed E-state index contributed by atoms with van der Waals surface area (Å²) >= 11 is 9.20. The molecular weight excluding hydrogens is 570 g/mol. The molecule has 0 atom stereocenters. The van der Waals surface area contributed by atoms with Crippen LogP contribution in [0, 0.1) is 12.7 Å². The number of benzene rings is 1. The molecule has 0 spiro atoms. The van der Waals surface area contributed by atoms with E-state index in [4.69, 9.17) is 11.6 Å². The van der Waals surface area contributed by atoms with Crippen LogP contribution in [0.4, 0.5) is 32.2 Å². The van der Waals surface area contributed by atoms with Crippen molar-refractivity contribution in [3.63, 3.8) is 0 Å². The molecule has 3 heterocycles. The maximum atomic E-state index is 14.1. The average Bonchev–Trinajstić information content (AvgIpc) is 3.32. The molecule has 0 saturated heterocycles. The molecular formula is C20H12BrClF6N6O. The number of amides is 1. The Labute approximate surface area is 205 Å². The van der Waals surface area contributed by atoms with Crippen LogP contribution in [0.3, 0.4) is 0 Å². The number of fused-ring (bicyclic) bond motifs is 1. The lowest BCUT2D eigenvalue weighted by Gasteiger charge is -2.20. The van der Waals surface area contributed by atoms with Crippen LogP contribution in [0.5, 0.6) is 0 Å². The van der Waals surface area contributed by atoms with Gasteiger partial charge in [0, 0.05) is 28.5 Å². The molecule has 1 N–H and O–H groups in total. The Bertz CT molecular complexity index is 1430. The second kappa shape index (κ2) is 8.82. The number of nitrogens with one attached hydrogen (secondary N) is 1. The van der Waals surface area contributed by atoms with Gasteiger partial charge in [0.2, 0.25) is 0 Å². The Balaban J connectivity index is 1.63. The summed E-state index contributed by atoms with van der Waals surface area (Å²) in [6.07, 6.45) is -4.46. The Morgan fingerprint density at radius 2 is 1.89 bits per heavy atom.